The van der Waals surface area contributed by atoms with Crippen LogP contribution in [0.1, 0.15) is 38.8 Å². The van der Waals surface area contributed by atoms with Gasteiger partial charge in [0, 0.05) is 0 Å². The summed E-state index contributed by atoms with van der Waals surface area (Å²) in [5.74, 6) is -0.835. The summed E-state index contributed by atoms with van der Waals surface area (Å²) in [5, 5.41) is 3.01. The van der Waals surface area contributed by atoms with E-state index in [1.807, 2.05) is 137 Å². The third kappa shape index (κ3) is 8.63. The van der Waals surface area contributed by atoms with E-state index >= 15 is 0 Å². The summed E-state index contributed by atoms with van der Waals surface area (Å²) >= 11 is 0. The van der Waals surface area contributed by atoms with E-state index in [1.54, 1.807) is 72.8 Å². The molecule has 0 unspecified atom stereocenters. The van der Waals surface area contributed by atoms with Crippen molar-refractivity contribution in [1.29, 1.82) is 0 Å². The quantitative estimate of drug-likeness (QED) is 0.0549. The van der Waals surface area contributed by atoms with Gasteiger partial charge in [0.1, 0.15) is 0 Å². The molecule has 0 amide bonds. The number of benzene rings is 7. The third-order valence-electron chi connectivity index (χ3n) is 10.5. The maximum atomic E-state index is 14.6. The summed E-state index contributed by atoms with van der Waals surface area (Å²) in [4.78, 5) is 0. The zero-order valence-electron chi connectivity index (χ0n) is 35.5. The van der Waals surface area contributed by atoms with Gasteiger partial charge in [-0.05, 0) is 0 Å². The van der Waals surface area contributed by atoms with E-state index in [0.29, 0.717) is 44.0 Å². The molecule has 0 radical (unpaired) electrons. The number of alkyl halides is 6. The molecule has 5 nitrogen and oxygen atoms in total. The first kappa shape index (κ1) is 46.7. The van der Waals surface area contributed by atoms with E-state index in [-0.39, 0.29) is 6.07 Å². The van der Waals surface area contributed by atoms with Crippen molar-refractivity contribution in [2.75, 3.05) is 0 Å². The molecular formula is C50H47BF6O5P2. The summed E-state index contributed by atoms with van der Waals surface area (Å²) < 4.78 is 125. The topological polar surface area (TPSA) is 46.2 Å². The van der Waals surface area contributed by atoms with E-state index in [2.05, 4.69) is 0 Å². The Kier molecular flexibility index (Phi) is 13.3. The second-order valence-electron chi connectivity index (χ2n) is 15.6. The van der Waals surface area contributed by atoms with Crippen molar-refractivity contribution < 1.29 is 48.9 Å². The molecule has 7 rings (SSSR count). The van der Waals surface area contributed by atoms with Gasteiger partial charge in [-0.3, -0.25) is 0 Å². The molecule has 0 aromatic heterocycles. The van der Waals surface area contributed by atoms with Crippen LogP contribution in [0, 0.1) is 0 Å². The van der Waals surface area contributed by atoms with Gasteiger partial charge in [-0.25, -0.2) is 0 Å². The molecule has 332 valence electrons. The van der Waals surface area contributed by atoms with Crippen molar-refractivity contribution in [3.63, 3.8) is 0 Å². The van der Waals surface area contributed by atoms with Crippen LogP contribution in [0.4, 0.5) is 26.3 Å². The van der Waals surface area contributed by atoms with Crippen molar-refractivity contribution in [2.24, 2.45) is 0 Å². The molecule has 0 spiro atoms. The van der Waals surface area contributed by atoms with Gasteiger partial charge in [0.05, 0.1) is 0 Å². The van der Waals surface area contributed by atoms with Gasteiger partial charge in [0.2, 0.25) is 0 Å². The standard InChI is InChI=1S/C50H47BF6O5P2/c1-38(2)59-63(43-23-11-5-12-24-43,44-25-13-6-14-26-44,45-27-15-7-16-28-45)61-51(58-42-36-40(49(52,53)54)35-41(37-42)50(55,56)57)62-64(60-39(3)4,46-29-17-8-18-30-46,47-31-19-9-20-32-47)48-33-21-10-22-34-48/h5-39H,1-4H3. The number of hydrogen-bond acceptors (Lipinski definition) is 5. The van der Waals surface area contributed by atoms with Crippen LogP contribution in [0.3, 0.4) is 0 Å². The molecule has 0 aliphatic rings. The van der Waals surface area contributed by atoms with Crippen molar-refractivity contribution in [3.05, 3.63) is 211 Å². The minimum atomic E-state index is -5.20. The average Bonchev–Trinajstić information content (AvgIpc) is 3.29. The zero-order valence-corrected chi connectivity index (χ0v) is 37.3. The predicted molar refractivity (Wildman–Crippen MR) is 248 cm³/mol. The van der Waals surface area contributed by atoms with Crippen LogP contribution < -0.4 is 36.5 Å². The second-order valence-corrected chi connectivity index (χ2v) is 23.4. The molecular weight excluding hydrogens is 867 g/mol. The van der Waals surface area contributed by atoms with Gasteiger partial charge in [-0.15, -0.1) is 0 Å². The monoisotopic (exact) mass is 914 g/mol. The number of halogens is 6. The van der Waals surface area contributed by atoms with Gasteiger partial charge in [-0.2, -0.15) is 0 Å². The van der Waals surface area contributed by atoms with Crippen LogP contribution in [0.15, 0.2) is 200 Å². The van der Waals surface area contributed by atoms with Gasteiger partial charge in [0.15, 0.2) is 0 Å². The molecule has 64 heavy (non-hydrogen) atoms. The summed E-state index contributed by atoms with van der Waals surface area (Å²) in [7, 11) is -12.4. The molecule has 0 aliphatic heterocycles. The van der Waals surface area contributed by atoms with Crippen LogP contribution in [-0.4, -0.2) is 19.5 Å². The Bertz CT molecular complexity index is 2230. The Hall–Kier alpha value is -5.32. The van der Waals surface area contributed by atoms with Gasteiger partial charge >= 0.3 is 372 Å². The summed E-state index contributed by atoms with van der Waals surface area (Å²) in [6.45, 7) is 7.27. The minimum absolute atomic E-state index is 0.0448. The molecule has 0 saturated heterocycles. The number of rotatable bonds is 16. The van der Waals surface area contributed by atoms with E-state index in [0.717, 1.165) is 0 Å². The van der Waals surface area contributed by atoms with E-state index in [9.17, 15) is 26.3 Å². The van der Waals surface area contributed by atoms with Gasteiger partial charge < -0.3 is 0 Å². The Balaban J connectivity index is 1.68. The van der Waals surface area contributed by atoms with Crippen molar-refractivity contribution >= 4 is 53.3 Å². The molecule has 0 aliphatic carbocycles. The van der Waals surface area contributed by atoms with E-state index < -0.39 is 62.9 Å². The Morgan fingerprint density at radius 3 is 0.812 bits per heavy atom. The average molecular weight is 915 g/mol. The fourth-order valence-corrected chi connectivity index (χ4v) is 18.3. The van der Waals surface area contributed by atoms with Crippen LogP contribution in [0.25, 0.3) is 0 Å². The first-order valence-corrected chi connectivity index (χ1v) is 24.7. The van der Waals surface area contributed by atoms with Crippen molar-refractivity contribution in [1.82, 2.24) is 0 Å². The summed E-state index contributed by atoms with van der Waals surface area (Å²) in [6.07, 6.45) is -11.6. The molecule has 7 aromatic carbocycles. The summed E-state index contributed by atoms with van der Waals surface area (Å²) in [6, 6.07) is 55.4. The van der Waals surface area contributed by atoms with Crippen LogP contribution in [-0.2, 0) is 30.3 Å². The first-order valence-electron chi connectivity index (χ1n) is 20.6. The van der Waals surface area contributed by atoms with Crippen molar-refractivity contribution in [3.8, 4) is 5.75 Å². The molecule has 0 N–H and O–H groups in total. The predicted octanol–water partition coefficient (Wildman–Crippen LogP) is 11.7. The zero-order chi connectivity index (χ0) is 45.7. The fourth-order valence-electron chi connectivity index (χ4n) is 8.17. The third-order valence-corrected chi connectivity index (χ3v) is 20.8. The van der Waals surface area contributed by atoms with Crippen LogP contribution >= 0.6 is 14.1 Å². The molecule has 0 heterocycles. The molecule has 0 saturated carbocycles. The van der Waals surface area contributed by atoms with E-state index in [4.69, 9.17) is 22.6 Å². The van der Waals surface area contributed by atoms with Crippen molar-refractivity contribution in [2.45, 2.75) is 52.3 Å². The maximum absolute atomic E-state index is 14.6. The Labute approximate surface area is 370 Å². The number of hydrogen-bond donors (Lipinski definition) is 0. The van der Waals surface area contributed by atoms with Gasteiger partial charge in [-0.1, -0.05) is 0 Å². The van der Waals surface area contributed by atoms with Crippen LogP contribution in [0.2, 0.25) is 0 Å². The Morgan fingerprint density at radius 2 is 0.609 bits per heavy atom. The second kappa shape index (κ2) is 18.3. The molecule has 0 atom stereocenters. The SMILES string of the molecule is CC(C)OP(OB(Oc1cc(C(F)(F)F)cc(C(F)(F)F)c1)OP(OC(C)C)(c1ccccc1)(c1ccccc1)c1ccccc1)(c1ccccc1)(c1ccccc1)c1ccccc1. The first-order chi connectivity index (χ1) is 30.5. The van der Waals surface area contributed by atoms with Gasteiger partial charge in [0.25, 0.3) is 0 Å². The van der Waals surface area contributed by atoms with Crippen LogP contribution in [0.5, 0.6) is 5.75 Å². The normalized spacial score (nSPS) is 13.8. The summed E-state index contributed by atoms with van der Waals surface area (Å²) in [5.41, 5.74) is -3.18. The molecule has 0 fully saturated rings. The molecule has 14 heteroatoms. The molecule has 7 aromatic rings. The Morgan fingerprint density at radius 1 is 0.375 bits per heavy atom. The molecule has 0 bridgehead atoms. The fraction of sp³-hybridized carbons (Fsp3) is 0.160. The van der Waals surface area contributed by atoms with E-state index in [1.165, 1.54) is 0 Å².